The third-order valence-corrected chi connectivity index (χ3v) is 5.06. The zero-order chi connectivity index (χ0) is 22.5. The van der Waals surface area contributed by atoms with Crippen LogP contribution in [0.3, 0.4) is 0 Å². The molecule has 0 spiro atoms. The molecule has 0 aliphatic carbocycles. The maximum absolute atomic E-state index is 13.2. The molecule has 4 N–H and O–H groups in total. The molecule has 1 aliphatic heterocycles. The Bertz CT molecular complexity index is 1020. The van der Waals surface area contributed by atoms with Gasteiger partial charge in [0.15, 0.2) is 0 Å². The second-order valence-electron chi connectivity index (χ2n) is 6.78. The second kappa shape index (κ2) is 9.51. The molecule has 11 nitrogen and oxygen atoms in total. The number of carbonyl (C=O) groups excluding carboxylic acids is 2. The molecule has 1 unspecified atom stereocenters. The molecular weight excluding hydrogens is 433 g/mol. The van der Waals surface area contributed by atoms with Gasteiger partial charge in [0.25, 0.3) is 0 Å². The predicted octanol–water partition coefficient (Wildman–Crippen LogP) is 1.36. The summed E-state index contributed by atoms with van der Waals surface area (Å²) in [5.41, 5.74) is 5.16. The standard InChI is InChI=1S/C18H19ClFN7O4/c19-12-6-11(20)4-3-10(12)7-22-16-15(27(30)31)17(25-9-24-16)26-5-1-2-13(26)18(29)23-8-14(21)28/h3-4,6,9,13H,1-2,5,7-8H2,(H2,21,28)(H,23,29)(H,22,24,25). The molecule has 1 aliphatic rings. The Balaban J connectivity index is 1.86. The number of nitrogens with two attached hydrogens (primary N) is 1. The number of anilines is 2. The summed E-state index contributed by atoms with van der Waals surface area (Å²) in [7, 11) is 0. The molecule has 2 amide bonds. The fourth-order valence-electron chi connectivity index (χ4n) is 3.31. The number of aromatic nitrogens is 2. The largest absolute Gasteiger partial charge is 0.368 e. The van der Waals surface area contributed by atoms with E-state index >= 15 is 0 Å². The van der Waals surface area contributed by atoms with Crippen LogP contribution in [0.5, 0.6) is 0 Å². The highest BCUT2D eigenvalue weighted by molar-refractivity contribution is 6.31. The minimum Gasteiger partial charge on any atom is -0.368 e. The number of nitro groups is 1. The van der Waals surface area contributed by atoms with Crippen molar-refractivity contribution < 1.29 is 18.9 Å². The Hall–Kier alpha value is -3.54. The zero-order valence-corrected chi connectivity index (χ0v) is 16.9. The molecule has 0 saturated carbocycles. The average Bonchev–Trinajstić information content (AvgIpc) is 3.20. The monoisotopic (exact) mass is 451 g/mol. The molecule has 1 atom stereocenters. The number of nitrogens with one attached hydrogen (secondary N) is 2. The van der Waals surface area contributed by atoms with Gasteiger partial charge in [-0.1, -0.05) is 17.7 Å². The van der Waals surface area contributed by atoms with Crippen LogP contribution >= 0.6 is 11.6 Å². The highest BCUT2D eigenvalue weighted by Crippen LogP contribution is 2.36. The van der Waals surface area contributed by atoms with Gasteiger partial charge in [-0.15, -0.1) is 0 Å². The Morgan fingerprint density at radius 2 is 2.16 bits per heavy atom. The van der Waals surface area contributed by atoms with E-state index in [0.29, 0.717) is 24.9 Å². The van der Waals surface area contributed by atoms with Crippen LogP contribution < -0.4 is 21.3 Å². The molecule has 3 rings (SSSR count). The Kier molecular flexibility index (Phi) is 6.80. The molecule has 1 aromatic carbocycles. The van der Waals surface area contributed by atoms with Crippen molar-refractivity contribution in [3.05, 3.63) is 51.0 Å². The van der Waals surface area contributed by atoms with E-state index in [0.717, 1.165) is 12.4 Å². The molecule has 164 valence electrons. The van der Waals surface area contributed by atoms with Gasteiger partial charge in [0.1, 0.15) is 18.2 Å². The van der Waals surface area contributed by atoms with Crippen LogP contribution in [0.4, 0.5) is 21.7 Å². The first kappa shape index (κ1) is 22.2. The molecule has 1 aromatic heterocycles. The predicted molar refractivity (Wildman–Crippen MR) is 110 cm³/mol. The quantitative estimate of drug-likeness (QED) is 0.401. The average molecular weight is 452 g/mol. The number of amides is 2. The Morgan fingerprint density at radius 3 is 2.84 bits per heavy atom. The van der Waals surface area contributed by atoms with Crippen molar-refractivity contribution in [2.75, 3.05) is 23.3 Å². The van der Waals surface area contributed by atoms with Crippen LogP contribution in [0.15, 0.2) is 24.5 Å². The van der Waals surface area contributed by atoms with Gasteiger partial charge in [0.05, 0.1) is 11.5 Å². The third kappa shape index (κ3) is 5.15. The Morgan fingerprint density at radius 1 is 1.39 bits per heavy atom. The fraction of sp³-hybridized carbons (Fsp3) is 0.333. The van der Waals surface area contributed by atoms with Crippen LogP contribution in [0.25, 0.3) is 0 Å². The van der Waals surface area contributed by atoms with Gasteiger partial charge in [-0.05, 0) is 30.5 Å². The van der Waals surface area contributed by atoms with Crippen LogP contribution in [-0.4, -0.2) is 45.8 Å². The molecule has 0 radical (unpaired) electrons. The first-order chi connectivity index (χ1) is 14.8. The number of hydrogen-bond donors (Lipinski definition) is 3. The summed E-state index contributed by atoms with van der Waals surface area (Å²) in [5, 5.41) is 17.2. The molecule has 31 heavy (non-hydrogen) atoms. The summed E-state index contributed by atoms with van der Waals surface area (Å²) in [6.07, 6.45) is 2.18. The minimum atomic E-state index is -0.743. The lowest BCUT2D eigenvalue weighted by Crippen LogP contribution is -2.46. The second-order valence-corrected chi connectivity index (χ2v) is 7.18. The molecule has 13 heteroatoms. The lowest BCUT2D eigenvalue weighted by molar-refractivity contribution is -0.383. The molecule has 1 saturated heterocycles. The van der Waals surface area contributed by atoms with Gasteiger partial charge >= 0.3 is 5.69 Å². The number of carbonyl (C=O) groups is 2. The normalized spacial score (nSPS) is 15.5. The first-order valence-electron chi connectivity index (χ1n) is 9.27. The van der Waals surface area contributed by atoms with Crippen molar-refractivity contribution in [1.82, 2.24) is 15.3 Å². The third-order valence-electron chi connectivity index (χ3n) is 4.71. The van der Waals surface area contributed by atoms with E-state index < -0.39 is 34.3 Å². The summed E-state index contributed by atoms with van der Waals surface area (Å²) in [4.78, 5) is 44.1. The smallest absolute Gasteiger partial charge is 0.353 e. The van der Waals surface area contributed by atoms with E-state index in [1.165, 1.54) is 17.0 Å². The van der Waals surface area contributed by atoms with Crippen molar-refractivity contribution in [3.8, 4) is 0 Å². The van der Waals surface area contributed by atoms with Gasteiger partial charge in [0, 0.05) is 18.1 Å². The minimum absolute atomic E-state index is 0.0237. The molecule has 1 fully saturated rings. The van der Waals surface area contributed by atoms with Crippen LogP contribution in [0.1, 0.15) is 18.4 Å². The van der Waals surface area contributed by atoms with Crippen LogP contribution in [0.2, 0.25) is 5.02 Å². The van der Waals surface area contributed by atoms with E-state index in [1.54, 1.807) is 0 Å². The van der Waals surface area contributed by atoms with Crippen molar-refractivity contribution in [1.29, 1.82) is 0 Å². The number of halogens is 2. The molecule has 2 aromatic rings. The number of rotatable bonds is 8. The molecule has 2 heterocycles. The number of benzene rings is 1. The SMILES string of the molecule is NC(=O)CNC(=O)C1CCCN1c1ncnc(NCc2ccc(F)cc2Cl)c1[N+](=O)[O-]. The highest BCUT2D eigenvalue weighted by atomic mass is 35.5. The molecule has 0 bridgehead atoms. The number of hydrogen-bond acceptors (Lipinski definition) is 8. The van der Waals surface area contributed by atoms with E-state index in [9.17, 15) is 24.1 Å². The van der Waals surface area contributed by atoms with Crippen molar-refractivity contribution in [2.45, 2.75) is 25.4 Å². The van der Waals surface area contributed by atoms with Gasteiger partial charge < -0.3 is 21.3 Å². The lowest BCUT2D eigenvalue weighted by atomic mass is 10.2. The summed E-state index contributed by atoms with van der Waals surface area (Å²) >= 11 is 6.01. The van der Waals surface area contributed by atoms with Crippen LogP contribution in [-0.2, 0) is 16.1 Å². The van der Waals surface area contributed by atoms with Crippen molar-refractivity contribution in [2.24, 2.45) is 5.73 Å². The van der Waals surface area contributed by atoms with E-state index in [2.05, 4.69) is 20.6 Å². The molecular formula is C18H19ClFN7O4. The van der Waals surface area contributed by atoms with E-state index in [1.807, 2.05) is 0 Å². The van der Waals surface area contributed by atoms with Gasteiger partial charge in [-0.3, -0.25) is 19.7 Å². The topological polar surface area (TPSA) is 156 Å². The van der Waals surface area contributed by atoms with Gasteiger partial charge in [0.2, 0.25) is 23.5 Å². The summed E-state index contributed by atoms with van der Waals surface area (Å²) < 4.78 is 13.2. The zero-order valence-electron chi connectivity index (χ0n) is 16.2. The highest BCUT2D eigenvalue weighted by Gasteiger charge is 2.37. The number of nitrogens with zero attached hydrogens (tertiary/aromatic N) is 4. The summed E-state index contributed by atoms with van der Waals surface area (Å²) in [5.74, 6) is -1.77. The summed E-state index contributed by atoms with van der Waals surface area (Å²) in [6.45, 7) is 0.0783. The van der Waals surface area contributed by atoms with Crippen molar-refractivity contribution in [3.63, 3.8) is 0 Å². The summed E-state index contributed by atoms with van der Waals surface area (Å²) in [6, 6.07) is 3.07. The fourth-order valence-corrected chi connectivity index (χ4v) is 3.54. The lowest BCUT2D eigenvalue weighted by Gasteiger charge is -2.24. The Labute approximate surface area is 180 Å². The maximum atomic E-state index is 13.2. The van der Waals surface area contributed by atoms with Crippen LogP contribution in [0, 0.1) is 15.9 Å². The van der Waals surface area contributed by atoms with Crippen molar-refractivity contribution >= 4 is 40.7 Å². The van der Waals surface area contributed by atoms with E-state index in [-0.39, 0.29) is 29.7 Å². The van der Waals surface area contributed by atoms with E-state index in [4.69, 9.17) is 17.3 Å². The maximum Gasteiger partial charge on any atom is 0.353 e. The van der Waals surface area contributed by atoms with Gasteiger partial charge in [-0.2, -0.15) is 0 Å². The first-order valence-corrected chi connectivity index (χ1v) is 9.65. The number of primary amides is 1. The van der Waals surface area contributed by atoms with Gasteiger partial charge in [-0.25, -0.2) is 14.4 Å².